The summed E-state index contributed by atoms with van der Waals surface area (Å²) in [7, 11) is 0. The molecule has 0 spiro atoms. The van der Waals surface area contributed by atoms with E-state index in [4.69, 9.17) is 0 Å². The normalized spacial score (nSPS) is 29.9. The van der Waals surface area contributed by atoms with Gasteiger partial charge in [0.05, 0.1) is 0 Å². The molecule has 0 bridgehead atoms. The van der Waals surface area contributed by atoms with E-state index >= 15 is 0 Å². The molecule has 1 saturated carbocycles. The molecule has 0 amide bonds. The summed E-state index contributed by atoms with van der Waals surface area (Å²) in [5.74, 6) is 1.54. The Morgan fingerprint density at radius 2 is 1.38 bits per heavy atom. The molecule has 24 heavy (non-hydrogen) atoms. The average Bonchev–Trinajstić information content (AvgIpc) is 2.31. The van der Waals surface area contributed by atoms with Crippen LogP contribution in [0.4, 0.5) is 0 Å². The highest BCUT2D eigenvalue weighted by Gasteiger charge is 2.41. The maximum atomic E-state index is 3.95. The molecule has 0 saturated heterocycles. The third kappa shape index (κ3) is 8.34. The summed E-state index contributed by atoms with van der Waals surface area (Å²) in [5.41, 5.74) is 0.841. The fourth-order valence-electron chi connectivity index (χ4n) is 5.27. The van der Waals surface area contributed by atoms with Crippen LogP contribution in [0, 0.1) is 22.7 Å². The maximum absolute atomic E-state index is 3.95. The Labute approximate surface area is 152 Å². The molecule has 4 atom stereocenters. The average molecular weight is 339 g/mol. The summed E-state index contributed by atoms with van der Waals surface area (Å²) in [5, 5.41) is 7.79. The van der Waals surface area contributed by atoms with Gasteiger partial charge in [0.25, 0.3) is 0 Å². The second kappa shape index (κ2) is 9.03. The smallest absolute Gasteiger partial charge is 0.00802 e. The summed E-state index contributed by atoms with van der Waals surface area (Å²) in [4.78, 5) is 0. The monoisotopic (exact) mass is 338 g/mol. The first-order valence-electron chi connectivity index (χ1n) is 10.4. The number of hydrogen-bond donors (Lipinski definition) is 2. The predicted molar refractivity (Wildman–Crippen MR) is 108 cm³/mol. The largest absolute Gasteiger partial charge is 0.314 e. The van der Waals surface area contributed by atoms with Crippen molar-refractivity contribution in [1.82, 2.24) is 10.6 Å². The van der Waals surface area contributed by atoms with Crippen molar-refractivity contribution >= 4 is 0 Å². The Morgan fingerprint density at radius 3 is 1.92 bits per heavy atom. The van der Waals surface area contributed by atoms with E-state index in [1.807, 2.05) is 0 Å². The van der Waals surface area contributed by atoms with Crippen LogP contribution in [0.2, 0.25) is 0 Å². The van der Waals surface area contributed by atoms with Gasteiger partial charge in [-0.3, -0.25) is 0 Å². The second-order valence-electron chi connectivity index (χ2n) is 10.9. The van der Waals surface area contributed by atoms with E-state index < -0.39 is 0 Å². The zero-order valence-electron chi connectivity index (χ0n) is 18.1. The zero-order chi connectivity index (χ0) is 18.5. The van der Waals surface area contributed by atoms with Gasteiger partial charge in [0.15, 0.2) is 0 Å². The van der Waals surface area contributed by atoms with Crippen LogP contribution in [0.1, 0.15) is 94.4 Å². The van der Waals surface area contributed by atoms with Gasteiger partial charge in [0.1, 0.15) is 0 Å². The standard InChI is InChI=1S/C22H46N2/c1-16(2)10-18(5)23-15-22(9)13-20(12-21(7,8)14-22)24-19(6)11-17(3)4/h16-20,23-24H,10-15H2,1-9H3. The third-order valence-corrected chi connectivity index (χ3v) is 5.49. The summed E-state index contributed by atoms with van der Waals surface area (Å²) >= 11 is 0. The summed E-state index contributed by atoms with van der Waals surface area (Å²) in [6, 6.07) is 1.91. The summed E-state index contributed by atoms with van der Waals surface area (Å²) in [6.45, 7) is 22.6. The van der Waals surface area contributed by atoms with Crippen molar-refractivity contribution in [1.29, 1.82) is 0 Å². The number of nitrogens with one attached hydrogen (secondary N) is 2. The first-order chi connectivity index (χ1) is 10.9. The molecular weight excluding hydrogens is 292 g/mol. The van der Waals surface area contributed by atoms with Gasteiger partial charge in [0.2, 0.25) is 0 Å². The van der Waals surface area contributed by atoms with Crippen molar-refractivity contribution in [2.24, 2.45) is 22.7 Å². The van der Waals surface area contributed by atoms with Crippen molar-refractivity contribution in [3.63, 3.8) is 0 Å². The molecule has 144 valence electrons. The fourth-order valence-corrected chi connectivity index (χ4v) is 5.27. The predicted octanol–water partition coefficient (Wildman–Crippen LogP) is 5.62. The van der Waals surface area contributed by atoms with Crippen LogP contribution < -0.4 is 10.6 Å². The van der Waals surface area contributed by atoms with Crippen molar-refractivity contribution < 1.29 is 0 Å². The minimum absolute atomic E-state index is 0.405. The van der Waals surface area contributed by atoms with E-state index in [0.29, 0.717) is 29.0 Å². The lowest BCUT2D eigenvalue weighted by Gasteiger charge is -2.48. The number of hydrogen-bond acceptors (Lipinski definition) is 2. The summed E-state index contributed by atoms with van der Waals surface area (Å²) in [6.07, 6.45) is 6.49. The van der Waals surface area contributed by atoms with Crippen LogP contribution in [0.25, 0.3) is 0 Å². The van der Waals surface area contributed by atoms with E-state index in [1.54, 1.807) is 0 Å². The third-order valence-electron chi connectivity index (χ3n) is 5.49. The van der Waals surface area contributed by atoms with Gasteiger partial charge in [-0.15, -0.1) is 0 Å². The molecule has 0 aromatic carbocycles. The second-order valence-corrected chi connectivity index (χ2v) is 10.9. The Morgan fingerprint density at radius 1 is 0.833 bits per heavy atom. The SMILES string of the molecule is CC(C)CC(C)NCC1(C)CC(NC(C)CC(C)C)CC(C)(C)C1. The Balaban J connectivity index is 2.62. The van der Waals surface area contributed by atoms with Crippen LogP contribution in [0.5, 0.6) is 0 Å². The van der Waals surface area contributed by atoms with Crippen LogP contribution >= 0.6 is 0 Å². The molecule has 4 unspecified atom stereocenters. The van der Waals surface area contributed by atoms with Crippen molar-refractivity contribution in [2.75, 3.05) is 6.54 Å². The fraction of sp³-hybridized carbons (Fsp3) is 1.00. The van der Waals surface area contributed by atoms with Crippen molar-refractivity contribution in [3.05, 3.63) is 0 Å². The lowest BCUT2D eigenvalue weighted by atomic mass is 9.62. The molecular formula is C22H46N2. The highest BCUT2D eigenvalue weighted by molar-refractivity contribution is 4.96. The van der Waals surface area contributed by atoms with Gasteiger partial charge >= 0.3 is 0 Å². The van der Waals surface area contributed by atoms with Crippen LogP contribution in [-0.2, 0) is 0 Å². The molecule has 2 heteroatoms. The molecule has 0 heterocycles. The highest BCUT2D eigenvalue weighted by Crippen LogP contribution is 2.46. The van der Waals surface area contributed by atoms with E-state index in [1.165, 1.54) is 32.1 Å². The first kappa shape index (κ1) is 22.0. The molecule has 1 rings (SSSR count). The quantitative estimate of drug-likeness (QED) is 0.570. The molecule has 0 aromatic heterocycles. The lowest BCUT2D eigenvalue weighted by molar-refractivity contribution is 0.0634. The molecule has 1 fully saturated rings. The van der Waals surface area contributed by atoms with Gasteiger partial charge in [0, 0.05) is 24.7 Å². The Kier molecular flexibility index (Phi) is 8.26. The van der Waals surface area contributed by atoms with Gasteiger partial charge in [-0.25, -0.2) is 0 Å². The zero-order valence-corrected chi connectivity index (χ0v) is 18.1. The van der Waals surface area contributed by atoms with E-state index in [0.717, 1.165) is 18.4 Å². The molecule has 1 aliphatic rings. The van der Waals surface area contributed by atoms with Gasteiger partial charge in [-0.2, -0.15) is 0 Å². The van der Waals surface area contributed by atoms with Crippen molar-refractivity contribution in [2.45, 2.75) is 113 Å². The van der Waals surface area contributed by atoms with Gasteiger partial charge in [-0.05, 0) is 68.6 Å². The lowest BCUT2D eigenvalue weighted by Crippen LogP contribution is -2.51. The van der Waals surface area contributed by atoms with Crippen LogP contribution in [-0.4, -0.2) is 24.7 Å². The highest BCUT2D eigenvalue weighted by atomic mass is 15.0. The van der Waals surface area contributed by atoms with E-state index in [2.05, 4.69) is 72.9 Å². The Hall–Kier alpha value is -0.0800. The molecule has 2 N–H and O–H groups in total. The van der Waals surface area contributed by atoms with Crippen LogP contribution in [0.3, 0.4) is 0 Å². The molecule has 0 aromatic rings. The molecule has 0 radical (unpaired) electrons. The van der Waals surface area contributed by atoms with E-state index in [-0.39, 0.29) is 0 Å². The summed E-state index contributed by atoms with van der Waals surface area (Å²) < 4.78 is 0. The minimum atomic E-state index is 0.405. The topological polar surface area (TPSA) is 24.1 Å². The van der Waals surface area contributed by atoms with Gasteiger partial charge < -0.3 is 10.6 Å². The first-order valence-corrected chi connectivity index (χ1v) is 10.4. The molecule has 2 nitrogen and oxygen atoms in total. The Bertz CT molecular complexity index is 361. The molecule has 0 aliphatic heterocycles. The van der Waals surface area contributed by atoms with E-state index in [9.17, 15) is 0 Å². The number of rotatable bonds is 9. The van der Waals surface area contributed by atoms with Gasteiger partial charge in [-0.1, -0.05) is 48.5 Å². The maximum Gasteiger partial charge on any atom is 0.00802 e. The van der Waals surface area contributed by atoms with Crippen molar-refractivity contribution in [3.8, 4) is 0 Å². The molecule has 1 aliphatic carbocycles. The van der Waals surface area contributed by atoms with Crippen LogP contribution in [0.15, 0.2) is 0 Å². The minimum Gasteiger partial charge on any atom is -0.314 e.